The number of nitrogens with one attached hydrogen (secondary N) is 1. The van der Waals surface area contributed by atoms with E-state index in [1.54, 1.807) is 33.5 Å². The number of rotatable bonds is 7. The highest BCUT2D eigenvalue weighted by atomic mass is 32.2. The van der Waals surface area contributed by atoms with Crippen LogP contribution in [0.2, 0.25) is 0 Å². The molecular weight excluding hydrogens is 454 g/mol. The lowest BCUT2D eigenvalue weighted by Gasteiger charge is -2.20. The molecule has 4 aromatic rings. The van der Waals surface area contributed by atoms with E-state index in [9.17, 15) is 8.42 Å². The minimum Gasteiger partial charge on any atom is -0.339 e. The molecule has 5 rings (SSSR count). The second kappa shape index (κ2) is 9.18. The van der Waals surface area contributed by atoms with Gasteiger partial charge in [-0.3, -0.25) is 0 Å². The normalized spacial score (nSPS) is 19.2. The molecule has 0 radical (unpaired) electrons. The topological polar surface area (TPSA) is 80.1 Å². The Kier molecular flexibility index (Phi) is 6.11. The minimum absolute atomic E-state index is 0.0309. The standard InChI is InChI=1S/C24H25N5O2S2/c1-28-15-23(26-16-28)33(30,31)29-13-20(18-8-4-2-5-9-18)21(14-29)25-12-22-24(27-17-32-22)19-10-6-3-7-11-19/h2-11,15-17,20-21,25H,12-14H2,1H3. The molecule has 0 bridgehead atoms. The van der Waals surface area contributed by atoms with Gasteiger partial charge < -0.3 is 9.88 Å². The number of hydrogen-bond acceptors (Lipinski definition) is 6. The first-order valence-electron chi connectivity index (χ1n) is 10.8. The molecule has 0 amide bonds. The molecule has 2 aromatic carbocycles. The maximum Gasteiger partial charge on any atom is 0.262 e. The lowest BCUT2D eigenvalue weighted by Crippen LogP contribution is -2.36. The number of benzene rings is 2. The van der Waals surface area contributed by atoms with Gasteiger partial charge in [-0.15, -0.1) is 11.3 Å². The summed E-state index contributed by atoms with van der Waals surface area (Å²) in [6, 6.07) is 20.2. The predicted octanol–water partition coefficient (Wildman–Crippen LogP) is 3.49. The molecule has 0 saturated carbocycles. The third kappa shape index (κ3) is 4.49. The van der Waals surface area contributed by atoms with Gasteiger partial charge in [0.2, 0.25) is 0 Å². The van der Waals surface area contributed by atoms with Crippen LogP contribution in [0.5, 0.6) is 0 Å². The Balaban J connectivity index is 1.39. The van der Waals surface area contributed by atoms with Crippen LogP contribution < -0.4 is 5.32 Å². The van der Waals surface area contributed by atoms with Crippen LogP contribution in [-0.2, 0) is 23.6 Å². The van der Waals surface area contributed by atoms with Gasteiger partial charge in [0, 0.05) is 55.3 Å². The van der Waals surface area contributed by atoms with Crippen LogP contribution in [0, 0.1) is 0 Å². The maximum absolute atomic E-state index is 13.3. The van der Waals surface area contributed by atoms with Crippen molar-refractivity contribution in [1.29, 1.82) is 0 Å². The van der Waals surface area contributed by atoms with E-state index in [0.29, 0.717) is 19.6 Å². The van der Waals surface area contributed by atoms with Crippen molar-refractivity contribution in [3.8, 4) is 11.3 Å². The SMILES string of the molecule is Cn1cnc(S(=O)(=O)N2CC(NCc3scnc3-c3ccccc3)C(c3ccccc3)C2)c1. The molecule has 3 heterocycles. The van der Waals surface area contributed by atoms with E-state index in [4.69, 9.17) is 0 Å². The third-order valence-corrected chi connectivity index (χ3v) is 8.56. The number of imidazole rings is 1. The minimum atomic E-state index is -3.66. The first-order valence-corrected chi connectivity index (χ1v) is 13.1. The molecule has 2 unspecified atom stereocenters. The molecule has 0 aliphatic carbocycles. The van der Waals surface area contributed by atoms with E-state index in [2.05, 4.69) is 39.6 Å². The van der Waals surface area contributed by atoms with Crippen LogP contribution in [0.25, 0.3) is 11.3 Å². The second-order valence-electron chi connectivity index (χ2n) is 8.19. The molecule has 1 N–H and O–H groups in total. The predicted molar refractivity (Wildman–Crippen MR) is 129 cm³/mol. The number of sulfonamides is 1. The quantitative estimate of drug-likeness (QED) is 0.439. The molecule has 33 heavy (non-hydrogen) atoms. The maximum atomic E-state index is 13.3. The van der Waals surface area contributed by atoms with Gasteiger partial charge in [-0.2, -0.15) is 4.31 Å². The lowest BCUT2D eigenvalue weighted by molar-refractivity contribution is 0.454. The fraction of sp³-hybridized carbons (Fsp3) is 0.250. The van der Waals surface area contributed by atoms with E-state index >= 15 is 0 Å². The van der Waals surface area contributed by atoms with Gasteiger partial charge >= 0.3 is 0 Å². The van der Waals surface area contributed by atoms with E-state index in [1.165, 1.54) is 6.33 Å². The van der Waals surface area contributed by atoms with Crippen LogP contribution in [0.3, 0.4) is 0 Å². The Morgan fingerprint density at radius 1 is 1.03 bits per heavy atom. The summed E-state index contributed by atoms with van der Waals surface area (Å²) in [7, 11) is -1.89. The van der Waals surface area contributed by atoms with Crippen molar-refractivity contribution < 1.29 is 8.42 Å². The smallest absolute Gasteiger partial charge is 0.262 e. The highest BCUT2D eigenvalue weighted by Gasteiger charge is 2.40. The lowest BCUT2D eigenvalue weighted by atomic mass is 9.94. The Hall–Kier alpha value is -2.85. The van der Waals surface area contributed by atoms with Crippen molar-refractivity contribution in [2.24, 2.45) is 7.05 Å². The Labute approximate surface area is 197 Å². The zero-order valence-electron chi connectivity index (χ0n) is 18.2. The summed E-state index contributed by atoms with van der Waals surface area (Å²) in [6.07, 6.45) is 3.07. The molecule has 7 nitrogen and oxygen atoms in total. The summed E-state index contributed by atoms with van der Waals surface area (Å²) in [5, 5.41) is 3.73. The van der Waals surface area contributed by atoms with Crippen molar-refractivity contribution >= 4 is 21.4 Å². The highest BCUT2D eigenvalue weighted by molar-refractivity contribution is 7.89. The van der Waals surface area contributed by atoms with E-state index in [0.717, 1.165) is 21.7 Å². The molecule has 9 heteroatoms. The van der Waals surface area contributed by atoms with Crippen molar-refractivity contribution in [2.45, 2.75) is 23.5 Å². The summed E-state index contributed by atoms with van der Waals surface area (Å²) in [5.41, 5.74) is 5.04. The van der Waals surface area contributed by atoms with Gasteiger partial charge in [0.1, 0.15) is 0 Å². The third-order valence-electron chi connectivity index (χ3n) is 6.01. The Morgan fingerprint density at radius 2 is 1.76 bits per heavy atom. The van der Waals surface area contributed by atoms with Crippen molar-refractivity contribution in [1.82, 2.24) is 24.2 Å². The molecule has 0 spiro atoms. The zero-order valence-corrected chi connectivity index (χ0v) is 19.8. The second-order valence-corrected chi connectivity index (χ2v) is 11.0. The largest absolute Gasteiger partial charge is 0.339 e. The highest BCUT2D eigenvalue weighted by Crippen LogP contribution is 2.32. The van der Waals surface area contributed by atoms with Crippen molar-refractivity contribution in [2.75, 3.05) is 13.1 Å². The monoisotopic (exact) mass is 479 g/mol. The molecule has 2 atom stereocenters. The molecule has 1 aliphatic heterocycles. The fourth-order valence-electron chi connectivity index (χ4n) is 4.31. The summed E-state index contributed by atoms with van der Waals surface area (Å²) >= 11 is 1.61. The molecule has 1 fully saturated rings. The van der Waals surface area contributed by atoms with Gasteiger partial charge in [-0.1, -0.05) is 60.7 Å². The molecule has 1 aliphatic rings. The number of aromatic nitrogens is 3. The average molecular weight is 480 g/mol. The molecule has 1 saturated heterocycles. The molecular formula is C24H25N5O2S2. The van der Waals surface area contributed by atoms with Gasteiger partial charge in [0.25, 0.3) is 10.0 Å². The molecule has 2 aromatic heterocycles. The number of aryl methyl sites for hydroxylation is 1. The van der Waals surface area contributed by atoms with E-state index in [-0.39, 0.29) is 17.0 Å². The number of nitrogens with zero attached hydrogens (tertiary/aromatic N) is 4. The van der Waals surface area contributed by atoms with Gasteiger partial charge in [-0.05, 0) is 5.56 Å². The average Bonchev–Trinajstić information content (AvgIpc) is 3.58. The van der Waals surface area contributed by atoms with Gasteiger partial charge in [0.05, 0.1) is 17.5 Å². The Bertz CT molecular complexity index is 1320. The van der Waals surface area contributed by atoms with Gasteiger partial charge in [-0.25, -0.2) is 18.4 Å². The number of hydrogen-bond donors (Lipinski definition) is 1. The summed E-state index contributed by atoms with van der Waals surface area (Å²) in [6.45, 7) is 1.42. The summed E-state index contributed by atoms with van der Waals surface area (Å²) in [5.74, 6) is 0.0396. The van der Waals surface area contributed by atoms with Crippen LogP contribution in [0.15, 0.2) is 83.7 Å². The van der Waals surface area contributed by atoms with E-state index in [1.807, 2.05) is 41.9 Å². The first-order chi connectivity index (χ1) is 16.0. The zero-order chi connectivity index (χ0) is 22.8. The van der Waals surface area contributed by atoms with E-state index < -0.39 is 10.0 Å². The first kappa shape index (κ1) is 22.0. The van der Waals surface area contributed by atoms with Crippen molar-refractivity contribution in [3.05, 3.63) is 89.1 Å². The fourth-order valence-corrected chi connectivity index (χ4v) is 6.51. The Morgan fingerprint density at radius 3 is 2.45 bits per heavy atom. The molecule has 170 valence electrons. The summed E-state index contributed by atoms with van der Waals surface area (Å²) in [4.78, 5) is 9.80. The van der Waals surface area contributed by atoms with Gasteiger partial charge in [0.15, 0.2) is 5.03 Å². The van der Waals surface area contributed by atoms with Crippen molar-refractivity contribution in [3.63, 3.8) is 0 Å². The summed E-state index contributed by atoms with van der Waals surface area (Å²) < 4.78 is 29.7. The number of thiazole rings is 1. The van der Waals surface area contributed by atoms with Crippen LogP contribution >= 0.6 is 11.3 Å². The van der Waals surface area contributed by atoms with Crippen LogP contribution in [0.4, 0.5) is 0 Å². The van der Waals surface area contributed by atoms with Crippen LogP contribution in [-0.4, -0.2) is 46.4 Å². The van der Waals surface area contributed by atoms with Crippen LogP contribution in [0.1, 0.15) is 16.4 Å².